The molecule has 4 aliphatic carbocycles. The second-order valence-corrected chi connectivity index (χ2v) is 17.0. The molecule has 0 saturated heterocycles. The van der Waals surface area contributed by atoms with Crippen LogP contribution < -0.4 is 0 Å². The van der Waals surface area contributed by atoms with Gasteiger partial charge >= 0.3 is 13.8 Å². The number of methoxy groups -OCH3 is 1. The first-order chi connectivity index (χ1) is 22.1. The Balaban J connectivity index is 1.29. The van der Waals surface area contributed by atoms with Crippen LogP contribution in [-0.2, 0) is 40.9 Å². The zero-order chi connectivity index (χ0) is 32.4. The van der Waals surface area contributed by atoms with E-state index in [9.17, 15) is 9.36 Å². The third-order valence-electron chi connectivity index (χ3n) is 13.1. The molecule has 0 unspecified atom stereocenters. The van der Waals surface area contributed by atoms with Gasteiger partial charge in [-0.25, -0.2) is 4.57 Å². The Bertz CT molecular complexity index is 1300. The van der Waals surface area contributed by atoms with E-state index in [2.05, 4.69) is 20.8 Å². The van der Waals surface area contributed by atoms with Gasteiger partial charge in [-0.05, 0) is 109 Å². The highest BCUT2D eigenvalue weighted by Gasteiger charge is 2.63. The van der Waals surface area contributed by atoms with E-state index in [1.807, 2.05) is 60.7 Å². The van der Waals surface area contributed by atoms with Crippen molar-refractivity contribution in [3.8, 4) is 0 Å². The lowest BCUT2D eigenvalue weighted by atomic mass is 9.44. The molecule has 9 atom stereocenters. The summed E-state index contributed by atoms with van der Waals surface area (Å²) in [5, 5.41) is 0. The fourth-order valence-electron chi connectivity index (χ4n) is 10.7. The van der Waals surface area contributed by atoms with Crippen LogP contribution in [0.25, 0.3) is 0 Å². The van der Waals surface area contributed by atoms with Crippen molar-refractivity contribution in [2.75, 3.05) is 7.11 Å². The molecule has 0 bridgehead atoms. The summed E-state index contributed by atoms with van der Waals surface area (Å²) in [7, 11) is -2.44. The number of phosphoric acid groups is 1. The zero-order valence-corrected chi connectivity index (χ0v) is 29.3. The molecule has 4 saturated carbocycles. The van der Waals surface area contributed by atoms with Gasteiger partial charge in [0.2, 0.25) is 0 Å². The monoisotopic (exact) mass is 650 g/mol. The summed E-state index contributed by atoms with van der Waals surface area (Å²) in [6.45, 7) is 7.77. The first kappa shape index (κ1) is 33.9. The van der Waals surface area contributed by atoms with Crippen LogP contribution in [-0.4, -0.2) is 19.2 Å². The van der Waals surface area contributed by atoms with Crippen molar-refractivity contribution in [3.63, 3.8) is 0 Å². The van der Waals surface area contributed by atoms with E-state index < -0.39 is 7.82 Å². The molecule has 6 nitrogen and oxygen atoms in total. The Hall–Kier alpha value is -1.98. The van der Waals surface area contributed by atoms with Crippen LogP contribution in [0.5, 0.6) is 0 Å². The van der Waals surface area contributed by atoms with Gasteiger partial charge < -0.3 is 4.74 Å². The summed E-state index contributed by atoms with van der Waals surface area (Å²) in [5.41, 5.74) is 2.34. The van der Waals surface area contributed by atoms with E-state index >= 15 is 0 Å². The minimum absolute atomic E-state index is 0.117. The van der Waals surface area contributed by atoms with E-state index in [-0.39, 0.29) is 30.7 Å². The van der Waals surface area contributed by atoms with Gasteiger partial charge in [-0.1, -0.05) is 94.3 Å². The Labute approximate surface area is 276 Å². The second kappa shape index (κ2) is 14.2. The van der Waals surface area contributed by atoms with Crippen molar-refractivity contribution < 1.29 is 27.7 Å². The topological polar surface area (TPSA) is 71.1 Å². The number of hydrogen-bond acceptors (Lipinski definition) is 6. The summed E-state index contributed by atoms with van der Waals surface area (Å²) in [6, 6.07) is 19.8. The lowest BCUT2D eigenvalue weighted by Crippen LogP contribution is -2.58. The number of carbonyl (C=O) groups excluding carboxylic acids is 1. The van der Waals surface area contributed by atoms with Gasteiger partial charge in [0.1, 0.15) is 0 Å². The maximum absolute atomic E-state index is 14.8. The first-order valence-electron chi connectivity index (χ1n) is 17.9. The Morgan fingerprint density at radius 3 is 2.11 bits per heavy atom. The van der Waals surface area contributed by atoms with Crippen molar-refractivity contribution in [2.45, 2.75) is 111 Å². The van der Waals surface area contributed by atoms with Crippen molar-refractivity contribution >= 4 is 13.8 Å². The van der Waals surface area contributed by atoms with Crippen LogP contribution in [0.1, 0.15) is 103 Å². The van der Waals surface area contributed by atoms with Gasteiger partial charge in [0.15, 0.2) is 0 Å². The van der Waals surface area contributed by atoms with Crippen LogP contribution in [0, 0.1) is 46.3 Å². The van der Waals surface area contributed by atoms with Crippen LogP contribution in [0.2, 0.25) is 0 Å². The second-order valence-electron chi connectivity index (χ2n) is 15.4. The molecule has 0 spiro atoms. The summed E-state index contributed by atoms with van der Waals surface area (Å²) in [4.78, 5) is 12.0. The maximum Gasteiger partial charge on any atom is 0.475 e. The fourth-order valence-corrected chi connectivity index (χ4v) is 12.1. The van der Waals surface area contributed by atoms with E-state index in [0.29, 0.717) is 47.3 Å². The normalized spacial score (nSPS) is 34.6. The van der Waals surface area contributed by atoms with Crippen molar-refractivity contribution in [3.05, 3.63) is 71.8 Å². The Kier molecular flexibility index (Phi) is 10.5. The number of fused-ring (bicyclic) bond motifs is 5. The lowest BCUT2D eigenvalue weighted by molar-refractivity contribution is -0.163. The van der Waals surface area contributed by atoms with Gasteiger partial charge in [0, 0.05) is 6.42 Å². The number of benzene rings is 2. The third kappa shape index (κ3) is 6.93. The average Bonchev–Trinajstić information content (AvgIpc) is 3.43. The molecule has 0 aliphatic heterocycles. The molecule has 7 heteroatoms. The molecule has 4 fully saturated rings. The van der Waals surface area contributed by atoms with Gasteiger partial charge in [-0.15, -0.1) is 0 Å². The number of carbonyl (C=O) groups is 1. The van der Waals surface area contributed by atoms with Gasteiger partial charge in [-0.2, -0.15) is 0 Å². The van der Waals surface area contributed by atoms with Crippen LogP contribution in [0.3, 0.4) is 0 Å². The highest BCUT2D eigenvalue weighted by Crippen LogP contribution is 2.70. The smallest absolute Gasteiger partial charge is 0.469 e. The predicted molar refractivity (Wildman–Crippen MR) is 181 cm³/mol. The molecule has 0 heterocycles. The number of hydrogen-bond donors (Lipinski definition) is 0. The van der Waals surface area contributed by atoms with Gasteiger partial charge in [-0.3, -0.25) is 18.4 Å². The average molecular weight is 651 g/mol. The molecule has 46 heavy (non-hydrogen) atoms. The molecule has 6 rings (SSSR count). The largest absolute Gasteiger partial charge is 0.475 e. The molecule has 252 valence electrons. The summed E-state index contributed by atoms with van der Waals surface area (Å²) >= 11 is 0. The number of ether oxygens (including phenoxy) is 1. The van der Waals surface area contributed by atoms with E-state index in [0.717, 1.165) is 30.4 Å². The number of rotatable bonds is 12. The van der Waals surface area contributed by atoms with Crippen LogP contribution >= 0.6 is 7.82 Å². The quantitative estimate of drug-likeness (QED) is 0.168. The molecule has 2 aromatic rings. The van der Waals surface area contributed by atoms with Gasteiger partial charge in [0.25, 0.3) is 0 Å². The van der Waals surface area contributed by atoms with Crippen LogP contribution in [0.4, 0.5) is 0 Å². The molecule has 0 amide bonds. The third-order valence-corrected chi connectivity index (χ3v) is 14.5. The van der Waals surface area contributed by atoms with E-state index in [1.54, 1.807) is 0 Å². The molecular weight excluding hydrogens is 595 g/mol. The first-order valence-corrected chi connectivity index (χ1v) is 19.3. The zero-order valence-electron chi connectivity index (χ0n) is 28.4. The molecule has 0 aromatic heterocycles. The Morgan fingerprint density at radius 1 is 0.848 bits per heavy atom. The fraction of sp³-hybridized carbons (Fsp3) is 0.667. The summed E-state index contributed by atoms with van der Waals surface area (Å²) in [6.07, 6.45) is 11.9. The molecular formula is C39H55O6P. The molecule has 4 aliphatic rings. The lowest BCUT2D eigenvalue weighted by Gasteiger charge is -2.62. The van der Waals surface area contributed by atoms with Crippen molar-refractivity contribution in [1.82, 2.24) is 0 Å². The molecule has 0 N–H and O–H groups in total. The van der Waals surface area contributed by atoms with Crippen molar-refractivity contribution in [1.29, 1.82) is 0 Å². The number of phosphoric ester groups is 1. The standard InChI is InChI=1S/C39H55O6P/c1-28(18-21-36(40)42-4)32-19-20-33-37-34(22-24-39(32,33)3)38(2)23-12-11-17-31(38)25-35(37)45-46(41,43-26-29-13-7-5-8-14-29)44-27-30-15-9-6-10-16-30/h5-10,13-16,28,31-35,37H,11-12,17-27H2,1-4H3/t28-,31+,32-,33+,34+,35-,37+,38+,39-/m1/s1. The van der Waals surface area contributed by atoms with E-state index in [1.165, 1.54) is 52.1 Å². The minimum atomic E-state index is -3.92. The predicted octanol–water partition coefficient (Wildman–Crippen LogP) is 10.2. The Morgan fingerprint density at radius 2 is 1.48 bits per heavy atom. The maximum atomic E-state index is 14.8. The highest BCUT2D eigenvalue weighted by atomic mass is 31.2. The van der Waals surface area contributed by atoms with Gasteiger partial charge in [0.05, 0.1) is 26.4 Å². The number of esters is 1. The molecule has 0 radical (unpaired) electrons. The van der Waals surface area contributed by atoms with Crippen LogP contribution in [0.15, 0.2) is 60.7 Å². The van der Waals surface area contributed by atoms with Crippen molar-refractivity contribution in [2.24, 2.45) is 46.3 Å². The minimum Gasteiger partial charge on any atom is -0.469 e. The summed E-state index contributed by atoms with van der Waals surface area (Å²) in [5.74, 6) is 2.77. The van der Waals surface area contributed by atoms with E-state index in [4.69, 9.17) is 18.3 Å². The SMILES string of the molecule is COC(=O)CC[C@@H](C)[C@H]1CC[C@H]2[C@@H]3[C@H](OP(=O)(OCc4ccccc4)OCc4ccccc4)C[C@@H]4CCCC[C@]4(C)[C@H]3CC[C@]12C. The molecule has 2 aromatic carbocycles. The highest BCUT2D eigenvalue weighted by molar-refractivity contribution is 7.48. The summed E-state index contributed by atoms with van der Waals surface area (Å²) < 4.78 is 39.0.